The lowest BCUT2D eigenvalue weighted by molar-refractivity contribution is -0.141. The van der Waals surface area contributed by atoms with Crippen molar-refractivity contribution in [1.82, 2.24) is 24.6 Å². The number of alkyl halides is 3. The van der Waals surface area contributed by atoms with E-state index in [1.807, 2.05) is 18.6 Å². The van der Waals surface area contributed by atoms with Crippen molar-refractivity contribution in [3.05, 3.63) is 75.2 Å². The number of amides is 2. The number of hydrogen-bond donors (Lipinski definition) is 2. The Kier molecular flexibility index (Phi) is 11.0. The average molecular weight is 776 g/mol. The number of anilines is 1. The highest BCUT2D eigenvalue weighted by Gasteiger charge is 2.43. The molecule has 0 aromatic carbocycles. The van der Waals surface area contributed by atoms with Crippen LogP contribution in [0.15, 0.2) is 58.2 Å². The lowest BCUT2D eigenvalue weighted by atomic mass is 9.91. The number of carbonyl (C=O) groups excluding carboxylic acids is 2. The van der Waals surface area contributed by atoms with Gasteiger partial charge in [0.05, 0.1) is 17.3 Å². The number of aromatic nitrogens is 3. The van der Waals surface area contributed by atoms with Crippen molar-refractivity contribution in [2.45, 2.75) is 82.3 Å². The summed E-state index contributed by atoms with van der Waals surface area (Å²) in [7, 11) is -4.51. The minimum absolute atomic E-state index is 0.0139. The van der Waals surface area contributed by atoms with Crippen LogP contribution in [0, 0.1) is 5.92 Å². The van der Waals surface area contributed by atoms with E-state index in [1.54, 1.807) is 25.7 Å². The van der Waals surface area contributed by atoms with Gasteiger partial charge < -0.3 is 15.0 Å². The van der Waals surface area contributed by atoms with Gasteiger partial charge in [-0.25, -0.2) is 24.5 Å². The molecule has 4 heterocycles. The van der Waals surface area contributed by atoms with E-state index in [9.17, 15) is 31.2 Å². The fraction of sp³-hybridized carbons (Fsp3) is 0.452. The lowest BCUT2D eigenvalue weighted by Gasteiger charge is -2.33. The fourth-order valence-electron chi connectivity index (χ4n) is 5.35. The third-order valence-corrected chi connectivity index (χ3v) is 9.42. The van der Waals surface area contributed by atoms with Crippen molar-refractivity contribution in [3.63, 3.8) is 0 Å². The molecule has 3 aromatic rings. The number of sulfonamides is 1. The predicted molar refractivity (Wildman–Crippen MR) is 176 cm³/mol. The second-order valence-electron chi connectivity index (χ2n) is 13.0. The van der Waals surface area contributed by atoms with Gasteiger partial charge in [-0.1, -0.05) is 23.7 Å². The summed E-state index contributed by atoms with van der Waals surface area (Å²) in [6.45, 7) is 9.58. The van der Waals surface area contributed by atoms with Crippen LogP contribution in [0.4, 0.5) is 23.8 Å². The summed E-state index contributed by atoms with van der Waals surface area (Å²) in [6.07, 6.45) is -3.77. The van der Waals surface area contributed by atoms with Crippen molar-refractivity contribution >= 4 is 55.4 Å². The van der Waals surface area contributed by atoms with Gasteiger partial charge in [0.15, 0.2) is 5.03 Å². The number of halogens is 5. The van der Waals surface area contributed by atoms with E-state index in [0.29, 0.717) is 24.0 Å². The van der Waals surface area contributed by atoms with Gasteiger partial charge in [0.2, 0.25) is 0 Å². The highest BCUT2D eigenvalue weighted by molar-refractivity contribution is 9.10. The molecule has 0 radical (unpaired) electrons. The summed E-state index contributed by atoms with van der Waals surface area (Å²) in [4.78, 5) is 39.2. The SMILES string of the molecule is CC(C)(C)OC(=O)N1CC(CCC(Nc2cccc(S(=O)(=O)NC(=O)c3ccc(Br)nc3Cl)n2)c2cccc(C(F)(F)F)n2)CC1(C)C. The van der Waals surface area contributed by atoms with Gasteiger partial charge >= 0.3 is 12.3 Å². The molecule has 2 amide bonds. The summed E-state index contributed by atoms with van der Waals surface area (Å²) < 4.78 is 74.9. The number of pyridine rings is 3. The maximum Gasteiger partial charge on any atom is 0.433 e. The standard InChI is InChI=1S/C31H35BrClF3N6O5S/c1-29(2,3)47-28(44)42-17-18(16-30(42,4)5)12-14-21(20-8-6-9-22(37-20)31(34,35)36)38-24-10-7-11-25(40-24)48(45,46)41-27(43)19-13-15-23(32)39-26(19)33/h6-11,13,15,18,21H,12,14,16-17H2,1-5H3,(H,38,40)(H,41,43). The zero-order valence-corrected chi connectivity index (χ0v) is 29.9. The first-order valence-corrected chi connectivity index (χ1v) is 17.5. The number of nitrogens with zero attached hydrogens (tertiary/aromatic N) is 4. The molecule has 0 bridgehead atoms. The van der Waals surface area contributed by atoms with Crippen LogP contribution >= 0.6 is 27.5 Å². The Bertz CT molecular complexity index is 1790. The van der Waals surface area contributed by atoms with Crippen LogP contribution in [0.5, 0.6) is 0 Å². The molecular formula is C31H35BrClF3N6O5S. The molecule has 2 atom stereocenters. The lowest BCUT2D eigenvalue weighted by Crippen LogP contribution is -2.45. The first kappa shape index (κ1) is 37.3. The van der Waals surface area contributed by atoms with Crippen molar-refractivity contribution in [2.75, 3.05) is 11.9 Å². The van der Waals surface area contributed by atoms with Crippen molar-refractivity contribution in [1.29, 1.82) is 0 Å². The van der Waals surface area contributed by atoms with Crippen molar-refractivity contribution in [3.8, 4) is 0 Å². The third-order valence-electron chi connectivity index (χ3n) is 7.46. The molecule has 1 fully saturated rings. The fourth-order valence-corrected chi connectivity index (χ4v) is 6.94. The van der Waals surface area contributed by atoms with Crippen LogP contribution in [0.3, 0.4) is 0 Å². The van der Waals surface area contributed by atoms with E-state index in [1.165, 1.54) is 36.4 Å². The molecule has 0 spiro atoms. The predicted octanol–water partition coefficient (Wildman–Crippen LogP) is 7.39. The number of likely N-dealkylation sites (tertiary alicyclic amines) is 1. The number of carbonyl (C=O) groups is 2. The summed E-state index contributed by atoms with van der Waals surface area (Å²) in [6, 6.07) is 9.39. The molecule has 2 N–H and O–H groups in total. The first-order chi connectivity index (χ1) is 22.1. The van der Waals surface area contributed by atoms with Gasteiger partial charge in [0, 0.05) is 12.1 Å². The number of ether oxygens (including phenoxy) is 1. The monoisotopic (exact) mass is 774 g/mol. The zero-order valence-electron chi connectivity index (χ0n) is 26.7. The molecule has 17 heteroatoms. The van der Waals surface area contributed by atoms with Gasteiger partial charge in [0.1, 0.15) is 26.9 Å². The quantitative estimate of drug-likeness (QED) is 0.213. The van der Waals surface area contributed by atoms with E-state index in [-0.39, 0.29) is 34.6 Å². The van der Waals surface area contributed by atoms with E-state index < -0.39 is 56.1 Å². The van der Waals surface area contributed by atoms with Crippen LogP contribution in [-0.2, 0) is 20.9 Å². The van der Waals surface area contributed by atoms with Crippen LogP contribution in [0.2, 0.25) is 5.15 Å². The van der Waals surface area contributed by atoms with E-state index in [2.05, 4.69) is 36.2 Å². The molecule has 260 valence electrons. The largest absolute Gasteiger partial charge is 0.444 e. The third kappa shape index (κ3) is 9.56. The highest BCUT2D eigenvalue weighted by atomic mass is 79.9. The molecule has 11 nitrogen and oxygen atoms in total. The molecule has 0 aliphatic carbocycles. The van der Waals surface area contributed by atoms with E-state index >= 15 is 0 Å². The Morgan fingerprint density at radius 1 is 1.08 bits per heavy atom. The Morgan fingerprint density at radius 3 is 2.42 bits per heavy atom. The Labute approximate surface area is 290 Å². The van der Waals surface area contributed by atoms with Crippen molar-refractivity contribution in [2.24, 2.45) is 5.92 Å². The molecule has 1 aliphatic rings. The van der Waals surface area contributed by atoms with Crippen LogP contribution < -0.4 is 10.0 Å². The molecule has 0 saturated carbocycles. The van der Waals surface area contributed by atoms with E-state index in [4.69, 9.17) is 16.3 Å². The molecule has 3 aromatic heterocycles. The zero-order chi connectivity index (χ0) is 35.7. The first-order valence-electron chi connectivity index (χ1n) is 14.8. The summed E-state index contributed by atoms with van der Waals surface area (Å²) >= 11 is 9.11. The van der Waals surface area contributed by atoms with Gasteiger partial charge in [0.25, 0.3) is 15.9 Å². The van der Waals surface area contributed by atoms with Crippen LogP contribution in [0.1, 0.15) is 81.7 Å². The van der Waals surface area contributed by atoms with Gasteiger partial charge in [-0.2, -0.15) is 21.6 Å². The summed E-state index contributed by atoms with van der Waals surface area (Å²) in [5.74, 6) is -1.04. The number of nitrogens with one attached hydrogen (secondary N) is 2. The summed E-state index contributed by atoms with van der Waals surface area (Å²) in [5, 5.41) is 2.29. The van der Waals surface area contributed by atoms with Crippen LogP contribution in [-0.4, -0.2) is 58.0 Å². The number of rotatable bonds is 9. The maximum atomic E-state index is 13.6. The van der Waals surface area contributed by atoms with Gasteiger partial charge in [-0.05, 0) is 112 Å². The topological polar surface area (TPSA) is 143 Å². The second kappa shape index (κ2) is 14.2. The number of hydrogen-bond acceptors (Lipinski definition) is 9. The normalized spacial score (nSPS) is 17.1. The average Bonchev–Trinajstić information content (AvgIpc) is 3.28. The molecular weight excluding hydrogens is 741 g/mol. The van der Waals surface area contributed by atoms with Gasteiger partial charge in [-0.3, -0.25) is 4.79 Å². The maximum absolute atomic E-state index is 13.6. The van der Waals surface area contributed by atoms with Crippen LogP contribution in [0.25, 0.3) is 0 Å². The van der Waals surface area contributed by atoms with E-state index in [0.717, 1.165) is 12.1 Å². The Hall–Kier alpha value is -3.50. The minimum Gasteiger partial charge on any atom is -0.444 e. The smallest absolute Gasteiger partial charge is 0.433 e. The molecule has 4 rings (SSSR count). The molecule has 48 heavy (non-hydrogen) atoms. The van der Waals surface area contributed by atoms with Gasteiger partial charge in [-0.15, -0.1) is 0 Å². The Balaban J connectivity index is 1.57. The second-order valence-corrected chi connectivity index (χ2v) is 15.8. The molecule has 2 unspecified atom stereocenters. The molecule has 1 saturated heterocycles. The minimum atomic E-state index is -4.69. The Morgan fingerprint density at radius 2 is 1.77 bits per heavy atom. The summed E-state index contributed by atoms with van der Waals surface area (Å²) in [5.41, 5.74) is -2.41. The molecule has 1 aliphatic heterocycles. The highest BCUT2D eigenvalue weighted by Crippen LogP contribution is 2.38. The van der Waals surface area contributed by atoms with Crippen molar-refractivity contribution < 1.29 is 35.9 Å².